The van der Waals surface area contributed by atoms with Crippen molar-refractivity contribution in [1.82, 2.24) is 15.5 Å². The largest absolute Gasteiger partial charge is 0.343 e. The fourth-order valence-corrected chi connectivity index (χ4v) is 3.41. The summed E-state index contributed by atoms with van der Waals surface area (Å²) in [5.74, 6) is 0.657. The highest BCUT2D eigenvalue weighted by molar-refractivity contribution is 5.77. The minimum Gasteiger partial charge on any atom is -0.343 e. The van der Waals surface area contributed by atoms with Crippen LogP contribution >= 0.6 is 0 Å². The molecule has 2 fully saturated rings. The van der Waals surface area contributed by atoms with Crippen LogP contribution in [0.1, 0.15) is 65.2 Å². The summed E-state index contributed by atoms with van der Waals surface area (Å²) < 4.78 is 0. The maximum Gasteiger partial charge on any atom is 0.315 e. The summed E-state index contributed by atoms with van der Waals surface area (Å²) in [6.07, 6.45) is 8.31. The van der Waals surface area contributed by atoms with Crippen LogP contribution in [0, 0.1) is 5.92 Å². The van der Waals surface area contributed by atoms with Crippen LogP contribution in [0.15, 0.2) is 0 Å². The quantitative estimate of drug-likeness (QED) is 0.838. The molecule has 2 aliphatic rings. The van der Waals surface area contributed by atoms with Crippen molar-refractivity contribution < 1.29 is 9.59 Å². The summed E-state index contributed by atoms with van der Waals surface area (Å²) in [6.45, 7) is 5.67. The van der Waals surface area contributed by atoms with E-state index in [2.05, 4.69) is 24.5 Å². The third-order valence-corrected chi connectivity index (χ3v) is 4.71. The van der Waals surface area contributed by atoms with E-state index in [0.717, 1.165) is 38.8 Å². The zero-order valence-corrected chi connectivity index (χ0v) is 14.1. The highest BCUT2D eigenvalue weighted by Crippen LogP contribution is 2.17. The van der Waals surface area contributed by atoms with Crippen LogP contribution in [0.4, 0.5) is 4.79 Å². The SMILES string of the molecule is CC(C)CC(=O)N1CCC(NC(=O)NC2CCCCC2)CC1. The predicted octanol–water partition coefficient (Wildman–Crippen LogP) is 2.66. The van der Waals surface area contributed by atoms with Crippen LogP contribution in [-0.4, -0.2) is 42.0 Å². The first-order valence-corrected chi connectivity index (χ1v) is 8.89. The molecule has 1 saturated heterocycles. The molecule has 1 saturated carbocycles. The van der Waals surface area contributed by atoms with Gasteiger partial charge in [-0.15, -0.1) is 0 Å². The Morgan fingerprint density at radius 2 is 1.50 bits per heavy atom. The lowest BCUT2D eigenvalue weighted by molar-refractivity contribution is -0.133. The Labute approximate surface area is 134 Å². The van der Waals surface area contributed by atoms with Gasteiger partial charge in [0.05, 0.1) is 0 Å². The van der Waals surface area contributed by atoms with E-state index < -0.39 is 0 Å². The van der Waals surface area contributed by atoms with Crippen LogP contribution in [0.3, 0.4) is 0 Å². The van der Waals surface area contributed by atoms with Crippen molar-refractivity contribution in [2.75, 3.05) is 13.1 Å². The third-order valence-electron chi connectivity index (χ3n) is 4.71. The number of piperidine rings is 1. The highest BCUT2D eigenvalue weighted by Gasteiger charge is 2.24. The number of likely N-dealkylation sites (tertiary alicyclic amines) is 1. The monoisotopic (exact) mass is 309 g/mol. The molecule has 1 aliphatic heterocycles. The fourth-order valence-electron chi connectivity index (χ4n) is 3.41. The van der Waals surface area contributed by atoms with Gasteiger partial charge in [-0.3, -0.25) is 4.79 Å². The smallest absolute Gasteiger partial charge is 0.315 e. The normalized spacial score (nSPS) is 21.0. The predicted molar refractivity (Wildman–Crippen MR) is 87.6 cm³/mol. The summed E-state index contributed by atoms with van der Waals surface area (Å²) in [6, 6.07) is 0.520. The maximum absolute atomic E-state index is 12.0. The topological polar surface area (TPSA) is 61.4 Å². The van der Waals surface area contributed by atoms with Gasteiger partial charge >= 0.3 is 6.03 Å². The summed E-state index contributed by atoms with van der Waals surface area (Å²) in [7, 11) is 0. The van der Waals surface area contributed by atoms with Crippen molar-refractivity contribution in [2.45, 2.75) is 77.3 Å². The average molecular weight is 309 g/mol. The van der Waals surface area contributed by atoms with Gasteiger partial charge in [-0.25, -0.2) is 4.79 Å². The van der Waals surface area contributed by atoms with Crippen LogP contribution in [-0.2, 0) is 4.79 Å². The van der Waals surface area contributed by atoms with Crippen LogP contribution < -0.4 is 10.6 Å². The molecular weight excluding hydrogens is 278 g/mol. The summed E-state index contributed by atoms with van der Waals surface area (Å²) in [4.78, 5) is 26.0. The van der Waals surface area contributed by atoms with E-state index in [1.54, 1.807) is 0 Å². The summed E-state index contributed by atoms with van der Waals surface area (Å²) in [5, 5.41) is 6.17. The zero-order chi connectivity index (χ0) is 15.9. The van der Waals surface area contributed by atoms with E-state index >= 15 is 0 Å². The molecule has 0 aromatic rings. The molecule has 0 spiro atoms. The Balaban J connectivity index is 1.66. The van der Waals surface area contributed by atoms with Crippen molar-refractivity contribution in [3.63, 3.8) is 0 Å². The number of nitrogens with zero attached hydrogens (tertiary/aromatic N) is 1. The Hall–Kier alpha value is -1.26. The fraction of sp³-hybridized carbons (Fsp3) is 0.882. The number of rotatable bonds is 4. The van der Waals surface area contributed by atoms with E-state index in [4.69, 9.17) is 0 Å². The van der Waals surface area contributed by atoms with Gasteiger partial charge in [0, 0.05) is 31.6 Å². The van der Waals surface area contributed by atoms with E-state index in [-0.39, 0.29) is 18.0 Å². The molecule has 0 unspecified atom stereocenters. The van der Waals surface area contributed by atoms with Crippen molar-refractivity contribution in [3.8, 4) is 0 Å². The molecule has 2 rings (SSSR count). The van der Waals surface area contributed by atoms with Gasteiger partial charge in [0.1, 0.15) is 0 Å². The molecular formula is C17H31N3O2. The number of carbonyl (C=O) groups is 2. The van der Waals surface area contributed by atoms with Gasteiger partial charge in [0.15, 0.2) is 0 Å². The lowest BCUT2D eigenvalue weighted by Crippen LogP contribution is -2.51. The number of carbonyl (C=O) groups excluding carboxylic acids is 2. The van der Waals surface area contributed by atoms with Crippen LogP contribution in [0.5, 0.6) is 0 Å². The van der Waals surface area contributed by atoms with Gasteiger partial charge in [-0.2, -0.15) is 0 Å². The Kier molecular flexibility index (Phi) is 6.52. The number of nitrogens with one attached hydrogen (secondary N) is 2. The zero-order valence-electron chi connectivity index (χ0n) is 14.1. The molecule has 22 heavy (non-hydrogen) atoms. The second kappa shape index (κ2) is 8.39. The molecule has 1 heterocycles. The molecule has 0 bridgehead atoms. The number of hydrogen-bond acceptors (Lipinski definition) is 2. The van der Waals surface area contributed by atoms with E-state index in [9.17, 15) is 9.59 Å². The minimum atomic E-state index is -0.0288. The molecule has 5 nitrogen and oxygen atoms in total. The third kappa shape index (κ3) is 5.50. The first-order valence-electron chi connectivity index (χ1n) is 8.89. The molecule has 2 N–H and O–H groups in total. The Morgan fingerprint density at radius 1 is 0.955 bits per heavy atom. The van der Waals surface area contributed by atoms with Crippen molar-refractivity contribution in [3.05, 3.63) is 0 Å². The molecule has 0 atom stereocenters. The van der Waals surface area contributed by atoms with Gasteiger partial charge in [0.2, 0.25) is 5.91 Å². The van der Waals surface area contributed by atoms with E-state index in [1.807, 2.05) is 4.90 Å². The lowest BCUT2D eigenvalue weighted by atomic mass is 9.96. The molecule has 1 aliphatic carbocycles. The minimum absolute atomic E-state index is 0.0288. The van der Waals surface area contributed by atoms with Gasteiger partial charge in [-0.1, -0.05) is 33.1 Å². The molecule has 0 aromatic carbocycles. The number of urea groups is 1. The number of hydrogen-bond donors (Lipinski definition) is 2. The molecule has 0 aromatic heterocycles. The van der Waals surface area contributed by atoms with Crippen LogP contribution in [0.2, 0.25) is 0 Å². The van der Waals surface area contributed by atoms with Gasteiger partial charge < -0.3 is 15.5 Å². The van der Waals surface area contributed by atoms with Crippen molar-refractivity contribution >= 4 is 11.9 Å². The first-order chi connectivity index (χ1) is 10.5. The van der Waals surface area contributed by atoms with Crippen molar-refractivity contribution in [2.24, 2.45) is 5.92 Å². The van der Waals surface area contributed by atoms with E-state index in [0.29, 0.717) is 18.4 Å². The van der Waals surface area contributed by atoms with Gasteiger partial charge in [0.25, 0.3) is 0 Å². The van der Waals surface area contributed by atoms with E-state index in [1.165, 1.54) is 19.3 Å². The molecule has 3 amide bonds. The van der Waals surface area contributed by atoms with Crippen molar-refractivity contribution in [1.29, 1.82) is 0 Å². The Morgan fingerprint density at radius 3 is 2.05 bits per heavy atom. The maximum atomic E-state index is 12.0. The second-order valence-electron chi connectivity index (χ2n) is 7.21. The number of amides is 3. The lowest BCUT2D eigenvalue weighted by Gasteiger charge is -2.33. The Bertz CT molecular complexity index is 370. The summed E-state index contributed by atoms with van der Waals surface area (Å²) in [5.41, 5.74) is 0. The first kappa shape index (κ1) is 17.1. The molecule has 5 heteroatoms. The summed E-state index contributed by atoms with van der Waals surface area (Å²) >= 11 is 0. The standard InChI is InChI=1S/C17H31N3O2/c1-13(2)12-16(21)20-10-8-15(9-11-20)19-17(22)18-14-6-4-3-5-7-14/h13-15H,3-12H2,1-2H3,(H2,18,19,22). The molecule has 0 radical (unpaired) electrons. The molecule has 126 valence electrons. The van der Waals surface area contributed by atoms with Gasteiger partial charge in [-0.05, 0) is 31.6 Å². The average Bonchev–Trinajstić information content (AvgIpc) is 2.48. The highest BCUT2D eigenvalue weighted by atomic mass is 16.2. The second-order valence-corrected chi connectivity index (χ2v) is 7.21. The van der Waals surface area contributed by atoms with Crippen LogP contribution in [0.25, 0.3) is 0 Å².